The zero-order chi connectivity index (χ0) is 14.1. The van der Waals surface area contributed by atoms with Gasteiger partial charge >= 0.3 is 0 Å². The van der Waals surface area contributed by atoms with Crippen molar-refractivity contribution in [2.45, 2.75) is 35.8 Å². The number of thioether (sulfide) groups is 1. The van der Waals surface area contributed by atoms with Crippen LogP contribution in [0.3, 0.4) is 0 Å². The van der Waals surface area contributed by atoms with Crippen LogP contribution >= 0.6 is 11.8 Å². The molecule has 0 saturated heterocycles. The molecule has 6 heteroatoms. The fourth-order valence-corrected chi connectivity index (χ4v) is 3.94. The normalized spacial score (nSPS) is 17.4. The maximum Gasteiger partial charge on any atom is 0.240 e. The zero-order valence-electron chi connectivity index (χ0n) is 11.3. The second-order valence-electron chi connectivity index (χ2n) is 4.93. The number of benzene rings is 1. The molecular weight excluding hydrogens is 280 g/mol. The molecule has 4 nitrogen and oxygen atoms in total. The van der Waals surface area contributed by atoms with Crippen molar-refractivity contribution >= 4 is 27.5 Å². The first-order valence-electron chi connectivity index (χ1n) is 6.36. The monoisotopic (exact) mass is 300 g/mol. The van der Waals surface area contributed by atoms with Crippen LogP contribution in [-0.2, 0) is 16.4 Å². The first-order chi connectivity index (χ1) is 8.92. The van der Waals surface area contributed by atoms with Crippen LogP contribution in [0, 0.1) is 0 Å². The molecule has 0 bridgehead atoms. The van der Waals surface area contributed by atoms with Crippen LogP contribution in [0.1, 0.15) is 25.3 Å². The summed E-state index contributed by atoms with van der Waals surface area (Å²) in [6.07, 6.45) is 4.98. The minimum Gasteiger partial charge on any atom is -0.398 e. The molecule has 1 aliphatic carbocycles. The van der Waals surface area contributed by atoms with Gasteiger partial charge in [0, 0.05) is 17.0 Å². The number of nitrogen functional groups attached to an aromatic ring is 1. The Morgan fingerprint density at radius 2 is 2.11 bits per heavy atom. The molecule has 0 spiro atoms. The van der Waals surface area contributed by atoms with E-state index in [1.807, 2.05) is 13.2 Å². The number of aryl methyl sites for hydroxylation is 1. The summed E-state index contributed by atoms with van der Waals surface area (Å²) in [6, 6.07) is 4.95. The molecule has 0 aliphatic heterocycles. The van der Waals surface area contributed by atoms with Crippen molar-refractivity contribution in [2.24, 2.45) is 0 Å². The van der Waals surface area contributed by atoms with E-state index in [1.54, 1.807) is 30.0 Å². The van der Waals surface area contributed by atoms with Gasteiger partial charge < -0.3 is 5.73 Å². The molecule has 106 valence electrons. The molecule has 0 heterocycles. The maximum atomic E-state index is 12.2. The minimum atomic E-state index is -3.45. The Morgan fingerprint density at radius 3 is 2.58 bits per heavy atom. The van der Waals surface area contributed by atoms with Gasteiger partial charge in [-0.3, -0.25) is 0 Å². The van der Waals surface area contributed by atoms with Gasteiger partial charge in [-0.2, -0.15) is 11.8 Å². The van der Waals surface area contributed by atoms with Crippen molar-refractivity contribution in [3.63, 3.8) is 0 Å². The highest BCUT2D eigenvalue weighted by molar-refractivity contribution is 8.00. The van der Waals surface area contributed by atoms with Crippen LogP contribution in [0.5, 0.6) is 0 Å². The zero-order valence-corrected chi connectivity index (χ0v) is 12.9. The number of hydrogen-bond acceptors (Lipinski definition) is 4. The highest BCUT2D eigenvalue weighted by Gasteiger charge is 2.42. The van der Waals surface area contributed by atoms with Gasteiger partial charge in [-0.05, 0) is 43.2 Å². The van der Waals surface area contributed by atoms with E-state index in [0.29, 0.717) is 12.2 Å². The van der Waals surface area contributed by atoms with Crippen LogP contribution < -0.4 is 10.5 Å². The molecule has 1 aromatic rings. The van der Waals surface area contributed by atoms with Gasteiger partial charge in [-0.25, -0.2) is 13.1 Å². The average Bonchev–Trinajstić information content (AvgIpc) is 3.17. The number of hydrogen-bond donors (Lipinski definition) is 2. The molecule has 2 rings (SSSR count). The van der Waals surface area contributed by atoms with E-state index in [1.165, 1.54) is 0 Å². The lowest BCUT2D eigenvalue weighted by atomic mass is 10.1. The number of nitrogens with two attached hydrogens (primary N) is 1. The summed E-state index contributed by atoms with van der Waals surface area (Å²) < 4.78 is 27.2. The molecule has 1 saturated carbocycles. The van der Waals surface area contributed by atoms with Crippen molar-refractivity contribution in [1.29, 1.82) is 0 Å². The summed E-state index contributed by atoms with van der Waals surface area (Å²) in [6.45, 7) is 2.49. The summed E-state index contributed by atoms with van der Waals surface area (Å²) in [5.74, 6) is 0. The highest BCUT2D eigenvalue weighted by Crippen LogP contribution is 2.46. The molecule has 1 fully saturated rings. The summed E-state index contributed by atoms with van der Waals surface area (Å²) in [7, 11) is -3.45. The van der Waals surface area contributed by atoms with Crippen LogP contribution in [0.25, 0.3) is 0 Å². The first-order valence-corrected chi connectivity index (χ1v) is 9.06. The van der Waals surface area contributed by atoms with Crippen molar-refractivity contribution in [1.82, 2.24) is 4.72 Å². The second kappa shape index (κ2) is 5.34. The lowest BCUT2D eigenvalue weighted by molar-refractivity contribution is 0.580. The molecule has 0 atom stereocenters. The second-order valence-corrected chi connectivity index (χ2v) is 7.97. The molecule has 19 heavy (non-hydrogen) atoms. The van der Waals surface area contributed by atoms with Crippen LogP contribution in [-0.4, -0.2) is 26.0 Å². The quantitative estimate of drug-likeness (QED) is 0.788. The van der Waals surface area contributed by atoms with E-state index in [2.05, 4.69) is 4.72 Å². The Balaban J connectivity index is 2.13. The molecule has 3 N–H and O–H groups in total. The van der Waals surface area contributed by atoms with E-state index in [0.717, 1.165) is 24.8 Å². The average molecular weight is 300 g/mol. The SMILES string of the molecule is CCc1ccc(S(=O)(=O)NCC2(SC)CC2)cc1N. The molecule has 1 aliphatic rings. The van der Waals surface area contributed by atoms with Crippen molar-refractivity contribution < 1.29 is 8.42 Å². The van der Waals surface area contributed by atoms with Crippen molar-refractivity contribution in [2.75, 3.05) is 18.5 Å². The van der Waals surface area contributed by atoms with Crippen LogP contribution in [0.15, 0.2) is 23.1 Å². The molecule has 0 radical (unpaired) electrons. The lowest BCUT2D eigenvalue weighted by Crippen LogP contribution is -2.31. The third kappa shape index (κ3) is 3.24. The number of nitrogens with one attached hydrogen (secondary N) is 1. The Hall–Kier alpha value is -0.720. The van der Waals surface area contributed by atoms with Gasteiger partial charge in [0.15, 0.2) is 0 Å². The molecule has 0 unspecified atom stereocenters. The van der Waals surface area contributed by atoms with E-state index in [-0.39, 0.29) is 9.64 Å². The van der Waals surface area contributed by atoms with Crippen molar-refractivity contribution in [3.8, 4) is 0 Å². The van der Waals surface area contributed by atoms with Gasteiger partial charge in [0.05, 0.1) is 4.90 Å². The third-order valence-electron chi connectivity index (χ3n) is 3.63. The standard InChI is InChI=1S/C13H20N2O2S2/c1-3-10-4-5-11(8-12(10)14)19(16,17)15-9-13(18-2)6-7-13/h4-5,8,15H,3,6-7,9,14H2,1-2H3. The van der Waals surface area contributed by atoms with E-state index < -0.39 is 10.0 Å². The highest BCUT2D eigenvalue weighted by atomic mass is 32.2. The third-order valence-corrected chi connectivity index (χ3v) is 6.45. The summed E-state index contributed by atoms with van der Waals surface area (Å²) in [4.78, 5) is 0.249. The predicted octanol–water partition coefficient (Wildman–Crippen LogP) is 2.01. The van der Waals surface area contributed by atoms with E-state index >= 15 is 0 Å². The fourth-order valence-electron chi connectivity index (χ4n) is 1.96. The lowest BCUT2D eigenvalue weighted by Gasteiger charge is -2.14. The largest absolute Gasteiger partial charge is 0.398 e. The van der Waals surface area contributed by atoms with Gasteiger partial charge in [0.2, 0.25) is 10.0 Å². The van der Waals surface area contributed by atoms with Crippen LogP contribution in [0.2, 0.25) is 0 Å². The molecule has 0 amide bonds. The molecular formula is C13H20N2O2S2. The summed E-state index contributed by atoms with van der Waals surface area (Å²) in [5, 5.41) is 0. The Morgan fingerprint density at radius 1 is 1.42 bits per heavy atom. The molecule has 0 aromatic heterocycles. The summed E-state index contributed by atoms with van der Waals surface area (Å²) >= 11 is 1.73. The first kappa shape index (κ1) is 14.7. The van der Waals surface area contributed by atoms with Gasteiger partial charge in [-0.15, -0.1) is 0 Å². The smallest absolute Gasteiger partial charge is 0.240 e. The van der Waals surface area contributed by atoms with Crippen LogP contribution in [0.4, 0.5) is 5.69 Å². The summed E-state index contributed by atoms with van der Waals surface area (Å²) in [5.41, 5.74) is 7.36. The van der Waals surface area contributed by atoms with E-state index in [4.69, 9.17) is 5.73 Å². The number of sulfonamides is 1. The maximum absolute atomic E-state index is 12.2. The Labute approximate surface area is 119 Å². The number of rotatable bonds is 6. The topological polar surface area (TPSA) is 72.2 Å². The van der Waals surface area contributed by atoms with Crippen molar-refractivity contribution in [3.05, 3.63) is 23.8 Å². The van der Waals surface area contributed by atoms with Gasteiger partial charge in [0.1, 0.15) is 0 Å². The van der Waals surface area contributed by atoms with Gasteiger partial charge in [-0.1, -0.05) is 13.0 Å². The number of anilines is 1. The fraction of sp³-hybridized carbons (Fsp3) is 0.538. The Bertz CT molecular complexity index is 566. The molecule has 1 aromatic carbocycles. The predicted molar refractivity (Wildman–Crippen MR) is 80.9 cm³/mol. The Kier molecular flexibility index (Phi) is 4.13. The van der Waals surface area contributed by atoms with E-state index in [9.17, 15) is 8.42 Å². The minimum absolute atomic E-state index is 0.113. The van der Waals surface area contributed by atoms with Gasteiger partial charge in [0.25, 0.3) is 0 Å².